The first-order valence-electron chi connectivity index (χ1n) is 11.4. The molecule has 0 saturated carbocycles. The number of benzene rings is 2. The lowest BCUT2D eigenvalue weighted by atomic mass is 9.96. The van der Waals surface area contributed by atoms with Gasteiger partial charge in [0.15, 0.2) is 6.10 Å². The third-order valence-electron chi connectivity index (χ3n) is 6.37. The first kappa shape index (κ1) is 24.4. The number of sulfonamides is 1. The molecule has 2 aliphatic heterocycles. The van der Waals surface area contributed by atoms with Gasteiger partial charge in [-0.05, 0) is 49.1 Å². The Labute approximate surface area is 200 Å². The van der Waals surface area contributed by atoms with Gasteiger partial charge in [0.1, 0.15) is 6.04 Å². The van der Waals surface area contributed by atoms with Gasteiger partial charge in [-0.3, -0.25) is 9.59 Å². The summed E-state index contributed by atoms with van der Waals surface area (Å²) in [6.07, 6.45) is -0.842. The van der Waals surface area contributed by atoms with Crippen LogP contribution in [0.2, 0.25) is 0 Å². The number of aryl methyl sites for hydroxylation is 2. The minimum absolute atomic E-state index is 0.0530. The summed E-state index contributed by atoms with van der Waals surface area (Å²) in [6.45, 7) is 6.89. The molecule has 34 heavy (non-hydrogen) atoms. The van der Waals surface area contributed by atoms with Gasteiger partial charge in [-0.15, -0.1) is 0 Å². The van der Waals surface area contributed by atoms with Gasteiger partial charge in [0, 0.05) is 26.1 Å². The number of hydrogen-bond donors (Lipinski definition) is 0. The highest BCUT2D eigenvalue weighted by Crippen LogP contribution is 2.31. The molecule has 0 unspecified atom stereocenters. The molecule has 0 aliphatic carbocycles. The summed E-state index contributed by atoms with van der Waals surface area (Å²) in [5, 5.41) is 0. The van der Waals surface area contributed by atoms with E-state index in [0.29, 0.717) is 31.9 Å². The van der Waals surface area contributed by atoms with E-state index in [9.17, 15) is 18.0 Å². The van der Waals surface area contributed by atoms with Crippen LogP contribution >= 0.6 is 0 Å². The molecular formula is C25H30N2O6S. The average Bonchev–Trinajstić information content (AvgIpc) is 2.84. The van der Waals surface area contributed by atoms with E-state index in [-0.39, 0.29) is 23.8 Å². The maximum atomic E-state index is 13.8. The lowest BCUT2D eigenvalue weighted by molar-refractivity contribution is -0.164. The van der Waals surface area contributed by atoms with Gasteiger partial charge in [-0.1, -0.05) is 36.4 Å². The Morgan fingerprint density at radius 3 is 2.44 bits per heavy atom. The maximum Gasteiger partial charge on any atom is 0.325 e. The second-order valence-electron chi connectivity index (χ2n) is 8.82. The van der Waals surface area contributed by atoms with Gasteiger partial charge in [0.25, 0.3) is 5.91 Å². The van der Waals surface area contributed by atoms with Crippen LogP contribution in [0.4, 0.5) is 0 Å². The lowest BCUT2D eigenvalue weighted by Gasteiger charge is -2.35. The fourth-order valence-electron chi connectivity index (χ4n) is 4.41. The summed E-state index contributed by atoms with van der Waals surface area (Å²) in [5.41, 5.74) is 3.15. The molecule has 2 atom stereocenters. The van der Waals surface area contributed by atoms with Crippen LogP contribution in [0, 0.1) is 13.8 Å². The van der Waals surface area contributed by atoms with Gasteiger partial charge >= 0.3 is 5.97 Å². The fourth-order valence-corrected chi connectivity index (χ4v) is 6.28. The summed E-state index contributed by atoms with van der Waals surface area (Å²) in [7, 11) is -4.01. The van der Waals surface area contributed by atoms with Gasteiger partial charge in [-0.25, -0.2) is 8.42 Å². The van der Waals surface area contributed by atoms with E-state index in [2.05, 4.69) is 0 Å². The summed E-state index contributed by atoms with van der Waals surface area (Å²) in [4.78, 5) is 27.8. The van der Waals surface area contributed by atoms with Crippen LogP contribution in [0.1, 0.15) is 29.2 Å². The van der Waals surface area contributed by atoms with Gasteiger partial charge in [0.05, 0.1) is 18.1 Å². The second kappa shape index (κ2) is 9.85. The van der Waals surface area contributed by atoms with E-state index in [4.69, 9.17) is 9.47 Å². The normalized spacial score (nSPS) is 19.9. The predicted molar refractivity (Wildman–Crippen MR) is 126 cm³/mol. The maximum absolute atomic E-state index is 13.8. The van der Waals surface area contributed by atoms with Crippen LogP contribution < -0.4 is 0 Å². The number of fused-ring (bicyclic) bond motifs is 1. The van der Waals surface area contributed by atoms with Crippen molar-refractivity contribution in [1.82, 2.24) is 9.21 Å². The predicted octanol–water partition coefficient (Wildman–Crippen LogP) is 2.21. The molecule has 1 amide bonds. The SMILES string of the molecule is Cc1ccc(C)c(S(=O)(=O)N2Cc3ccccc3C[C@@H]2C(=O)O[C@H](C)C(=O)N2CCOCC2)c1. The van der Waals surface area contributed by atoms with Crippen molar-refractivity contribution in [3.63, 3.8) is 0 Å². The summed E-state index contributed by atoms with van der Waals surface area (Å²) in [5.74, 6) is -1.03. The van der Waals surface area contributed by atoms with Gasteiger partial charge < -0.3 is 14.4 Å². The van der Waals surface area contributed by atoms with Crippen molar-refractivity contribution in [1.29, 1.82) is 0 Å². The van der Waals surface area contributed by atoms with Crippen LogP contribution in [0.5, 0.6) is 0 Å². The third-order valence-corrected chi connectivity index (χ3v) is 8.37. The van der Waals surface area contributed by atoms with Crippen LogP contribution in [0.25, 0.3) is 0 Å². The third kappa shape index (κ3) is 4.87. The van der Waals surface area contributed by atoms with Crippen molar-refractivity contribution in [3.8, 4) is 0 Å². The number of carbonyl (C=O) groups excluding carboxylic acids is 2. The monoisotopic (exact) mass is 486 g/mol. The highest BCUT2D eigenvalue weighted by atomic mass is 32.2. The molecule has 1 fully saturated rings. The molecule has 8 nitrogen and oxygen atoms in total. The van der Waals surface area contributed by atoms with Crippen molar-refractivity contribution < 1.29 is 27.5 Å². The number of morpholine rings is 1. The van der Waals surface area contributed by atoms with Crippen molar-refractivity contribution in [2.45, 2.75) is 50.8 Å². The topological polar surface area (TPSA) is 93.2 Å². The number of rotatable bonds is 5. The second-order valence-corrected chi connectivity index (χ2v) is 10.7. The van der Waals surface area contributed by atoms with Crippen molar-refractivity contribution in [3.05, 3.63) is 64.7 Å². The van der Waals surface area contributed by atoms with E-state index >= 15 is 0 Å². The Morgan fingerprint density at radius 2 is 1.74 bits per heavy atom. The summed E-state index contributed by atoms with van der Waals surface area (Å²) < 4.78 is 39.6. The Hall–Kier alpha value is -2.75. The minimum atomic E-state index is -4.01. The fraction of sp³-hybridized carbons (Fsp3) is 0.440. The van der Waals surface area contributed by atoms with E-state index in [1.807, 2.05) is 37.3 Å². The van der Waals surface area contributed by atoms with E-state index in [0.717, 1.165) is 16.7 Å². The highest BCUT2D eigenvalue weighted by Gasteiger charge is 2.42. The Bertz CT molecular complexity index is 1190. The molecule has 0 aromatic heterocycles. The smallest absolute Gasteiger partial charge is 0.325 e. The first-order valence-corrected chi connectivity index (χ1v) is 12.9. The molecule has 4 rings (SSSR count). The number of amides is 1. The minimum Gasteiger partial charge on any atom is -0.451 e. The van der Waals surface area contributed by atoms with Crippen LogP contribution in [0.15, 0.2) is 47.4 Å². The Kier molecular flexibility index (Phi) is 7.06. The molecule has 0 bridgehead atoms. The molecule has 2 heterocycles. The number of ether oxygens (including phenoxy) is 2. The number of esters is 1. The largest absolute Gasteiger partial charge is 0.451 e. The molecule has 0 radical (unpaired) electrons. The molecule has 182 valence electrons. The zero-order chi connectivity index (χ0) is 24.5. The quantitative estimate of drug-likeness (QED) is 0.602. The zero-order valence-corrected chi connectivity index (χ0v) is 20.5. The van der Waals surface area contributed by atoms with E-state index in [1.165, 1.54) is 11.2 Å². The van der Waals surface area contributed by atoms with Crippen molar-refractivity contribution in [2.24, 2.45) is 0 Å². The molecule has 2 aliphatic rings. The van der Waals surface area contributed by atoms with Crippen molar-refractivity contribution in [2.75, 3.05) is 26.3 Å². The van der Waals surface area contributed by atoms with Crippen LogP contribution in [-0.4, -0.2) is 67.9 Å². The van der Waals surface area contributed by atoms with Gasteiger partial charge in [-0.2, -0.15) is 4.31 Å². The average molecular weight is 487 g/mol. The van der Waals surface area contributed by atoms with Crippen molar-refractivity contribution >= 4 is 21.9 Å². The number of nitrogens with zero attached hydrogens (tertiary/aromatic N) is 2. The molecule has 2 aromatic rings. The summed E-state index contributed by atoms with van der Waals surface area (Å²) in [6, 6.07) is 11.6. The molecule has 1 saturated heterocycles. The lowest BCUT2D eigenvalue weighted by Crippen LogP contribution is -2.51. The molecule has 0 N–H and O–H groups in total. The zero-order valence-electron chi connectivity index (χ0n) is 19.7. The van der Waals surface area contributed by atoms with E-state index in [1.54, 1.807) is 24.0 Å². The Balaban J connectivity index is 1.63. The standard InChI is InChI=1S/C25H30N2O6S/c1-17-8-9-18(2)23(14-17)34(30,31)27-16-21-7-5-4-6-20(21)15-22(27)25(29)33-19(3)24(28)26-10-12-32-13-11-26/h4-9,14,19,22H,10-13,15-16H2,1-3H3/t19-,22-/m1/s1. The van der Waals surface area contributed by atoms with E-state index < -0.39 is 28.1 Å². The number of carbonyl (C=O) groups is 2. The first-order chi connectivity index (χ1) is 16.2. The van der Waals surface area contributed by atoms with Crippen LogP contribution in [-0.2, 0) is 42.1 Å². The molecule has 9 heteroatoms. The summed E-state index contributed by atoms with van der Waals surface area (Å²) >= 11 is 0. The molecule has 2 aromatic carbocycles. The molecular weight excluding hydrogens is 456 g/mol. The number of hydrogen-bond acceptors (Lipinski definition) is 6. The molecule has 0 spiro atoms. The highest BCUT2D eigenvalue weighted by molar-refractivity contribution is 7.89. The van der Waals surface area contributed by atoms with Crippen LogP contribution in [0.3, 0.4) is 0 Å². The van der Waals surface area contributed by atoms with Gasteiger partial charge in [0.2, 0.25) is 10.0 Å². The Morgan fingerprint density at radius 1 is 1.06 bits per heavy atom.